The Hall–Kier alpha value is -2.97. The van der Waals surface area contributed by atoms with Crippen molar-refractivity contribution in [3.8, 4) is 0 Å². The molecule has 0 aromatic carbocycles. The van der Waals surface area contributed by atoms with Crippen LogP contribution in [-0.4, -0.2) is 39.1 Å². The molecule has 0 atom stereocenters. The zero-order valence-electron chi connectivity index (χ0n) is 20.3. The van der Waals surface area contributed by atoms with Crippen LogP contribution in [-0.2, 0) is 16.1 Å². The van der Waals surface area contributed by atoms with Gasteiger partial charge in [0.25, 0.3) is 11.5 Å². The van der Waals surface area contributed by atoms with Gasteiger partial charge < -0.3 is 10.1 Å². The first kappa shape index (κ1) is 24.7. The lowest BCUT2D eigenvalue weighted by molar-refractivity contribution is -0.150. The van der Waals surface area contributed by atoms with Gasteiger partial charge in [-0.2, -0.15) is 0 Å². The fourth-order valence-electron chi connectivity index (χ4n) is 4.42. The Morgan fingerprint density at radius 2 is 1.88 bits per heavy atom. The summed E-state index contributed by atoms with van der Waals surface area (Å²) in [4.78, 5) is 58.7. The van der Waals surface area contributed by atoms with Crippen LogP contribution in [0.5, 0.6) is 0 Å². The molecule has 2 heterocycles. The van der Waals surface area contributed by atoms with Gasteiger partial charge in [0.1, 0.15) is 5.54 Å². The van der Waals surface area contributed by atoms with Crippen LogP contribution in [0, 0.1) is 11.8 Å². The number of pyridine rings is 1. The van der Waals surface area contributed by atoms with E-state index in [1.165, 1.54) is 11.7 Å². The van der Waals surface area contributed by atoms with E-state index in [9.17, 15) is 19.2 Å². The summed E-state index contributed by atoms with van der Waals surface area (Å²) in [6.07, 6.45) is 2.47. The number of ether oxygens (including phenoxy) is 1. The molecule has 2 N–H and O–H groups in total. The van der Waals surface area contributed by atoms with Gasteiger partial charge in [-0.3, -0.25) is 19.1 Å². The fraction of sp³-hybridized carbons (Fsp3) is 0.625. The summed E-state index contributed by atoms with van der Waals surface area (Å²) in [7, 11) is 1.31. The highest BCUT2D eigenvalue weighted by Gasteiger charge is 2.44. The topological polar surface area (TPSA) is 123 Å². The molecule has 3 rings (SSSR count). The minimum absolute atomic E-state index is 0.0429. The number of aromatic nitrogens is 3. The number of methoxy groups -OCH3 is 1. The zero-order chi connectivity index (χ0) is 24.5. The van der Waals surface area contributed by atoms with Crippen LogP contribution in [0.3, 0.4) is 0 Å². The lowest BCUT2D eigenvalue weighted by Gasteiger charge is -2.37. The molecule has 33 heavy (non-hydrogen) atoms. The van der Waals surface area contributed by atoms with E-state index < -0.39 is 28.7 Å². The van der Waals surface area contributed by atoms with Gasteiger partial charge in [0.15, 0.2) is 5.65 Å². The predicted octanol–water partition coefficient (Wildman–Crippen LogP) is 2.72. The number of carbonyl (C=O) groups excluding carboxylic acids is 2. The highest BCUT2D eigenvalue weighted by atomic mass is 16.5. The summed E-state index contributed by atoms with van der Waals surface area (Å²) in [5.74, 6) is -0.527. The van der Waals surface area contributed by atoms with E-state index in [0.717, 1.165) is 12.8 Å². The first-order chi connectivity index (χ1) is 15.5. The van der Waals surface area contributed by atoms with Crippen LogP contribution in [0.25, 0.3) is 11.0 Å². The van der Waals surface area contributed by atoms with E-state index in [1.807, 2.05) is 27.7 Å². The van der Waals surface area contributed by atoms with Gasteiger partial charge in [0, 0.05) is 12.2 Å². The molecule has 2 aromatic rings. The highest BCUT2D eigenvalue weighted by molar-refractivity contribution is 6.07. The van der Waals surface area contributed by atoms with E-state index in [1.54, 1.807) is 6.07 Å². The lowest BCUT2D eigenvalue weighted by Crippen LogP contribution is -2.57. The molecule has 1 aliphatic rings. The smallest absolute Gasteiger partial charge is 0.331 e. The van der Waals surface area contributed by atoms with Crippen LogP contribution in [0.15, 0.2) is 15.7 Å². The summed E-state index contributed by atoms with van der Waals surface area (Å²) in [5.41, 5.74) is -1.52. The Labute approximate surface area is 192 Å². The quantitative estimate of drug-likeness (QED) is 0.642. The highest BCUT2D eigenvalue weighted by Crippen LogP contribution is 2.33. The molecule has 1 fully saturated rings. The molecular formula is C24H34N4O5. The summed E-state index contributed by atoms with van der Waals surface area (Å²) in [5, 5.41) is 2.94. The van der Waals surface area contributed by atoms with Gasteiger partial charge in [-0.05, 0) is 49.5 Å². The second kappa shape index (κ2) is 9.49. The number of nitrogens with one attached hydrogen (secondary N) is 2. The molecule has 0 unspecified atom stereocenters. The molecule has 0 saturated heterocycles. The Bertz CT molecular complexity index is 1170. The lowest BCUT2D eigenvalue weighted by atomic mass is 9.77. The summed E-state index contributed by atoms with van der Waals surface area (Å²) in [6, 6.07) is 1.58. The van der Waals surface area contributed by atoms with Gasteiger partial charge in [-0.15, -0.1) is 0 Å². The number of esters is 1. The van der Waals surface area contributed by atoms with Crippen molar-refractivity contribution in [2.24, 2.45) is 11.8 Å². The SMILES string of the molecule is COC(=O)C1(NC(=O)c2cc(C(C)C)nc3c2c(=O)[nH]c(=O)n3CC(C)C)CCC(C)CC1. The standard InChI is InChI=1S/C24H34N4O5/c1-13(2)12-28-19-18(21(30)26-23(28)32)16(11-17(25-19)14(3)4)20(29)27-24(22(31)33-6)9-7-15(5)8-10-24/h11,13-15H,7-10,12H2,1-6H3,(H,27,29)(H,26,30,32). The van der Waals surface area contributed by atoms with Crippen molar-refractivity contribution in [1.29, 1.82) is 0 Å². The molecule has 0 radical (unpaired) electrons. The van der Waals surface area contributed by atoms with Gasteiger partial charge in [0.2, 0.25) is 0 Å². The fourth-order valence-corrected chi connectivity index (χ4v) is 4.42. The van der Waals surface area contributed by atoms with E-state index in [0.29, 0.717) is 31.0 Å². The minimum atomic E-state index is -1.15. The number of aromatic amines is 1. The second-order valence-electron chi connectivity index (χ2n) is 9.92. The van der Waals surface area contributed by atoms with Crippen LogP contribution in [0.1, 0.15) is 82.3 Å². The number of rotatable bonds is 6. The van der Waals surface area contributed by atoms with Gasteiger partial charge in [0.05, 0.1) is 18.1 Å². The Kier molecular flexibility index (Phi) is 7.09. The van der Waals surface area contributed by atoms with Crippen molar-refractivity contribution >= 4 is 22.9 Å². The Balaban J connectivity index is 2.20. The molecule has 9 heteroatoms. The number of hydrogen-bond donors (Lipinski definition) is 2. The number of fused-ring (bicyclic) bond motifs is 1. The van der Waals surface area contributed by atoms with Crippen LogP contribution < -0.4 is 16.6 Å². The molecule has 0 spiro atoms. The summed E-state index contributed by atoms with van der Waals surface area (Å²) < 4.78 is 6.44. The monoisotopic (exact) mass is 458 g/mol. The van der Waals surface area contributed by atoms with Crippen LogP contribution >= 0.6 is 0 Å². The average molecular weight is 459 g/mol. The van der Waals surface area contributed by atoms with Gasteiger partial charge in [-0.25, -0.2) is 14.6 Å². The third-order valence-electron chi connectivity index (χ3n) is 6.41. The zero-order valence-corrected chi connectivity index (χ0v) is 20.3. The predicted molar refractivity (Wildman–Crippen MR) is 125 cm³/mol. The first-order valence-corrected chi connectivity index (χ1v) is 11.6. The van der Waals surface area contributed by atoms with Crippen molar-refractivity contribution < 1.29 is 14.3 Å². The van der Waals surface area contributed by atoms with Crippen molar-refractivity contribution in [3.05, 3.63) is 38.2 Å². The largest absolute Gasteiger partial charge is 0.467 e. The maximum Gasteiger partial charge on any atom is 0.331 e. The molecule has 9 nitrogen and oxygen atoms in total. The Morgan fingerprint density at radius 1 is 1.24 bits per heavy atom. The van der Waals surface area contributed by atoms with Crippen molar-refractivity contribution in [3.63, 3.8) is 0 Å². The number of nitrogens with zero attached hydrogens (tertiary/aromatic N) is 2. The molecule has 1 amide bonds. The third-order valence-corrected chi connectivity index (χ3v) is 6.41. The minimum Gasteiger partial charge on any atom is -0.467 e. The van der Waals surface area contributed by atoms with Crippen molar-refractivity contribution in [2.75, 3.05) is 7.11 Å². The van der Waals surface area contributed by atoms with E-state index in [2.05, 4.69) is 22.2 Å². The van der Waals surface area contributed by atoms with E-state index in [-0.39, 0.29) is 28.4 Å². The van der Waals surface area contributed by atoms with Crippen molar-refractivity contribution in [2.45, 2.75) is 78.3 Å². The number of hydrogen-bond acceptors (Lipinski definition) is 6. The molecule has 1 aliphatic carbocycles. The van der Waals surface area contributed by atoms with Crippen LogP contribution in [0.2, 0.25) is 0 Å². The molecular weight excluding hydrogens is 424 g/mol. The van der Waals surface area contributed by atoms with Gasteiger partial charge in [-0.1, -0.05) is 34.6 Å². The normalized spacial score (nSPS) is 20.9. The molecule has 180 valence electrons. The summed E-state index contributed by atoms with van der Waals surface area (Å²) >= 11 is 0. The van der Waals surface area contributed by atoms with E-state index in [4.69, 9.17) is 4.74 Å². The summed E-state index contributed by atoms with van der Waals surface area (Å²) in [6.45, 7) is 10.2. The van der Waals surface area contributed by atoms with Gasteiger partial charge >= 0.3 is 11.7 Å². The number of H-pyrrole nitrogens is 1. The Morgan fingerprint density at radius 3 is 2.42 bits per heavy atom. The number of carbonyl (C=O) groups is 2. The number of amides is 1. The third kappa shape index (κ3) is 4.86. The van der Waals surface area contributed by atoms with Crippen molar-refractivity contribution in [1.82, 2.24) is 19.9 Å². The van der Waals surface area contributed by atoms with Crippen LogP contribution in [0.4, 0.5) is 0 Å². The average Bonchev–Trinajstić information content (AvgIpc) is 2.76. The first-order valence-electron chi connectivity index (χ1n) is 11.6. The molecule has 2 aromatic heterocycles. The molecule has 0 aliphatic heterocycles. The molecule has 1 saturated carbocycles. The molecule has 0 bridgehead atoms. The van der Waals surface area contributed by atoms with E-state index >= 15 is 0 Å². The maximum absolute atomic E-state index is 13.6. The maximum atomic E-state index is 13.6. The second-order valence-corrected chi connectivity index (χ2v) is 9.92.